The van der Waals surface area contributed by atoms with Crippen LogP contribution in [0.5, 0.6) is 0 Å². The average molecular weight is 422 g/mol. The molecule has 0 bridgehead atoms. The third-order valence-corrected chi connectivity index (χ3v) is 7.00. The summed E-state index contributed by atoms with van der Waals surface area (Å²) in [6.07, 6.45) is 5.89. The van der Waals surface area contributed by atoms with Crippen molar-refractivity contribution in [1.29, 1.82) is 0 Å². The van der Waals surface area contributed by atoms with Crippen molar-refractivity contribution in [2.45, 2.75) is 51.1 Å². The van der Waals surface area contributed by atoms with Gasteiger partial charge in [-0.1, -0.05) is 37.5 Å². The van der Waals surface area contributed by atoms with Crippen LogP contribution in [-0.2, 0) is 0 Å². The van der Waals surface area contributed by atoms with Crippen LogP contribution in [0.3, 0.4) is 0 Å². The predicted molar refractivity (Wildman–Crippen MR) is 120 cm³/mol. The van der Waals surface area contributed by atoms with Gasteiger partial charge < -0.3 is 9.88 Å². The summed E-state index contributed by atoms with van der Waals surface area (Å²) in [5.74, 6) is 0.800. The molecule has 31 heavy (non-hydrogen) atoms. The molecule has 1 saturated heterocycles. The largest absolute Gasteiger partial charge is 0.321 e. The highest BCUT2D eigenvalue weighted by molar-refractivity contribution is 5.82. The minimum absolute atomic E-state index is 0.0519. The zero-order chi connectivity index (χ0) is 21.4. The molecular formula is C23H31N7O. The maximum absolute atomic E-state index is 13.3. The molecule has 1 aromatic carbocycles. The van der Waals surface area contributed by atoms with Crippen molar-refractivity contribution in [3.8, 4) is 0 Å². The summed E-state index contributed by atoms with van der Waals surface area (Å²) in [6, 6.07) is 8.24. The molecule has 1 N–H and O–H groups in total. The van der Waals surface area contributed by atoms with Gasteiger partial charge in [-0.25, -0.2) is 4.68 Å². The number of aromatic amines is 1. The first-order valence-corrected chi connectivity index (χ1v) is 11.4. The lowest BCUT2D eigenvalue weighted by atomic mass is 9.95. The van der Waals surface area contributed by atoms with Gasteiger partial charge in [0.05, 0.1) is 11.6 Å². The summed E-state index contributed by atoms with van der Waals surface area (Å²) in [5.41, 5.74) is 2.66. The molecule has 8 nitrogen and oxygen atoms in total. The van der Waals surface area contributed by atoms with Gasteiger partial charge in [0.25, 0.3) is 5.56 Å². The quantitative estimate of drug-likeness (QED) is 0.697. The van der Waals surface area contributed by atoms with Gasteiger partial charge in [0.1, 0.15) is 6.04 Å². The van der Waals surface area contributed by atoms with Crippen LogP contribution < -0.4 is 5.56 Å². The summed E-state index contributed by atoms with van der Waals surface area (Å²) in [4.78, 5) is 21.2. The number of para-hydroxylation sites is 1. The Balaban J connectivity index is 1.63. The monoisotopic (exact) mass is 421 g/mol. The average Bonchev–Trinajstić information content (AvgIpc) is 3.26. The molecular weight excluding hydrogens is 390 g/mol. The van der Waals surface area contributed by atoms with E-state index in [4.69, 9.17) is 0 Å². The smallest absolute Gasteiger partial charge is 0.253 e. The highest BCUT2D eigenvalue weighted by atomic mass is 16.1. The number of hydrogen-bond acceptors (Lipinski definition) is 6. The Bertz CT molecular complexity index is 1110. The van der Waals surface area contributed by atoms with E-state index in [2.05, 4.69) is 43.4 Å². The molecule has 0 spiro atoms. The van der Waals surface area contributed by atoms with E-state index < -0.39 is 0 Å². The van der Waals surface area contributed by atoms with Crippen LogP contribution in [0.25, 0.3) is 10.9 Å². The fraction of sp³-hybridized carbons (Fsp3) is 0.565. The first-order valence-electron chi connectivity index (χ1n) is 11.4. The van der Waals surface area contributed by atoms with Crippen molar-refractivity contribution in [1.82, 2.24) is 35.0 Å². The zero-order valence-corrected chi connectivity index (χ0v) is 18.4. The minimum atomic E-state index is -0.251. The van der Waals surface area contributed by atoms with Gasteiger partial charge in [0.15, 0.2) is 5.82 Å². The lowest BCUT2D eigenvalue weighted by Gasteiger charge is -2.37. The number of likely N-dealkylation sites (N-methyl/N-ethyl adjacent to an activating group) is 1. The van der Waals surface area contributed by atoms with Crippen LogP contribution in [0.1, 0.15) is 61.1 Å². The number of nitrogens with one attached hydrogen (secondary N) is 1. The second kappa shape index (κ2) is 8.51. The molecule has 1 saturated carbocycles. The minimum Gasteiger partial charge on any atom is -0.321 e. The normalized spacial score (nSPS) is 20.3. The molecule has 1 aliphatic heterocycles. The number of aryl methyl sites for hydroxylation is 1. The van der Waals surface area contributed by atoms with Crippen LogP contribution in [-0.4, -0.2) is 68.2 Å². The Hall–Kier alpha value is -2.58. The van der Waals surface area contributed by atoms with Crippen molar-refractivity contribution in [2.24, 2.45) is 0 Å². The van der Waals surface area contributed by atoms with Crippen LogP contribution in [0.15, 0.2) is 29.1 Å². The number of pyridine rings is 1. The van der Waals surface area contributed by atoms with E-state index in [0.29, 0.717) is 6.04 Å². The third kappa shape index (κ3) is 3.90. The van der Waals surface area contributed by atoms with Gasteiger partial charge in [0, 0.05) is 31.7 Å². The standard InChI is InChI=1S/C23H31N7O/c1-16-7-6-8-17-15-19(23(31)24-20(16)17)21(29-13-11-28(2)12-14-29)22-25-26-27-30(22)18-9-4-3-5-10-18/h6-8,15,18,21H,3-5,9-14H2,1-2H3,(H,24,31)/t21-/m1/s1. The summed E-state index contributed by atoms with van der Waals surface area (Å²) in [6.45, 7) is 5.71. The second-order valence-electron chi connectivity index (χ2n) is 9.11. The van der Waals surface area contributed by atoms with Crippen molar-refractivity contribution < 1.29 is 0 Å². The summed E-state index contributed by atoms with van der Waals surface area (Å²) in [7, 11) is 2.14. The molecule has 2 aliphatic rings. The van der Waals surface area contributed by atoms with Gasteiger partial charge in [-0.05, 0) is 54.3 Å². The van der Waals surface area contributed by atoms with E-state index in [1.165, 1.54) is 19.3 Å². The molecule has 3 aromatic rings. The molecule has 5 rings (SSSR count). The molecule has 164 valence electrons. The first kappa shape index (κ1) is 20.3. The summed E-state index contributed by atoms with van der Waals surface area (Å²) < 4.78 is 2.02. The van der Waals surface area contributed by atoms with E-state index in [1.54, 1.807) is 0 Å². The fourth-order valence-electron chi connectivity index (χ4n) is 5.15. The Labute approximate surface area is 182 Å². The number of rotatable bonds is 4. The maximum Gasteiger partial charge on any atom is 0.253 e. The second-order valence-corrected chi connectivity index (χ2v) is 9.11. The predicted octanol–water partition coefficient (Wildman–Crippen LogP) is 2.67. The van der Waals surface area contributed by atoms with Gasteiger partial charge in [-0.3, -0.25) is 9.69 Å². The number of piperazine rings is 1. The summed E-state index contributed by atoms with van der Waals surface area (Å²) in [5, 5.41) is 14.0. The number of tetrazole rings is 1. The zero-order valence-electron chi connectivity index (χ0n) is 18.4. The lowest BCUT2D eigenvalue weighted by molar-refractivity contribution is 0.119. The van der Waals surface area contributed by atoms with E-state index in [0.717, 1.165) is 66.9 Å². The van der Waals surface area contributed by atoms with Crippen LogP contribution in [0, 0.1) is 6.92 Å². The van der Waals surface area contributed by atoms with Gasteiger partial charge in [-0.2, -0.15) is 0 Å². The molecule has 2 aromatic heterocycles. The molecule has 0 amide bonds. The molecule has 0 radical (unpaired) electrons. The van der Waals surface area contributed by atoms with Crippen molar-refractivity contribution in [3.05, 3.63) is 51.6 Å². The van der Waals surface area contributed by atoms with Crippen LogP contribution in [0.2, 0.25) is 0 Å². The Morgan fingerprint density at radius 3 is 2.65 bits per heavy atom. The molecule has 1 atom stereocenters. The SMILES string of the molecule is Cc1cccc2cc([C@H](c3nnnn3C3CCCCC3)N3CCN(C)CC3)c(=O)[nH]c12. The first-order chi connectivity index (χ1) is 15.1. The third-order valence-electron chi connectivity index (χ3n) is 7.00. The van der Waals surface area contributed by atoms with E-state index in [-0.39, 0.29) is 11.6 Å². The van der Waals surface area contributed by atoms with E-state index in [9.17, 15) is 4.79 Å². The number of nitrogens with zero attached hydrogens (tertiary/aromatic N) is 6. The Morgan fingerprint density at radius 1 is 1.10 bits per heavy atom. The summed E-state index contributed by atoms with van der Waals surface area (Å²) >= 11 is 0. The number of benzene rings is 1. The number of fused-ring (bicyclic) bond motifs is 1. The highest BCUT2D eigenvalue weighted by Gasteiger charge is 2.34. The maximum atomic E-state index is 13.3. The van der Waals surface area contributed by atoms with Gasteiger partial charge >= 0.3 is 0 Å². The number of hydrogen-bond donors (Lipinski definition) is 1. The molecule has 1 aliphatic carbocycles. The Kier molecular flexibility index (Phi) is 5.58. The molecule has 2 fully saturated rings. The van der Waals surface area contributed by atoms with Crippen LogP contribution >= 0.6 is 0 Å². The number of H-pyrrole nitrogens is 1. The van der Waals surface area contributed by atoms with Gasteiger partial charge in [-0.15, -0.1) is 5.10 Å². The molecule has 8 heteroatoms. The lowest BCUT2D eigenvalue weighted by Crippen LogP contribution is -2.47. The van der Waals surface area contributed by atoms with Crippen molar-refractivity contribution in [3.63, 3.8) is 0 Å². The molecule has 0 unspecified atom stereocenters. The van der Waals surface area contributed by atoms with Crippen LogP contribution in [0.4, 0.5) is 0 Å². The molecule has 3 heterocycles. The van der Waals surface area contributed by atoms with Crippen molar-refractivity contribution >= 4 is 10.9 Å². The van der Waals surface area contributed by atoms with Crippen molar-refractivity contribution in [2.75, 3.05) is 33.2 Å². The number of aromatic nitrogens is 5. The van der Waals surface area contributed by atoms with E-state index >= 15 is 0 Å². The van der Waals surface area contributed by atoms with Gasteiger partial charge in [0.2, 0.25) is 0 Å². The van der Waals surface area contributed by atoms with E-state index in [1.807, 2.05) is 29.8 Å². The fourth-order valence-corrected chi connectivity index (χ4v) is 5.15. The highest BCUT2D eigenvalue weighted by Crippen LogP contribution is 2.33. The Morgan fingerprint density at radius 2 is 1.87 bits per heavy atom. The topological polar surface area (TPSA) is 82.9 Å².